The Balaban J connectivity index is 3.35. The molecule has 0 aromatic heterocycles. The van der Waals surface area contributed by atoms with Gasteiger partial charge in [0.05, 0.1) is 6.04 Å². The number of likely N-dealkylation sites (N-methyl/N-ethyl adjacent to an activating group) is 1. The summed E-state index contributed by atoms with van der Waals surface area (Å²) in [6.07, 6.45) is 0. The van der Waals surface area contributed by atoms with Crippen LogP contribution in [0.15, 0.2) is 12.1 Å². The molecule has 0 bridgehead atoms. The first kappa shape index (κ1) is 12.9. The predicted molar refractivity (Wildman–Crippen MR) is 67.8 cm³/mol. The maximum absolute atomic E-state index is 11.7. The number of nitrogens with zero attached hydrogens (tertiary/aromatic N) is 1. The van der Waals surface area contributed by atoms with Crippen LogP contribution in [0, 0.1) is 20.8 Å². The molecule has 0 saturated carbocycles. The van der Waals surface area contributed by atoms with Crippen LogP contribution in [0.1, 0.15) is 35.2 Å². The van der Waals surface area contributed by atoms with Crippen molar-refractivity contribution in [2.24, 2.45) is 0 Å². The van der Waals surface area contributed by atoms with Crippen LogP contribution in [0.3, 0.4) is 0 Å². The van der Waals surface area contributed by atoms with Crippen molar-refractivity contribution in [3.05, 3.63) is 34.4 Å². The fourth-order valence-electron chi connectivity index (χ4n) is 2.45. The second-order valence-electron chi connectivity index (χ2n) is 4.79. The van der Waals surface area contributed by atoms with Gasteiger partial charge in [-0.2, -0.15) is 0 Å². The molecule has 2 heteroatoms. The van der Waals surface area contributed by atoms with Gasteiger partial charge in [0.2, 0.25) is 0 Å². The van der Waals surface area contributed by atoms with Gasteiger partial charge in [-0.15, -0.1) is 0 Å². The average molecular weight is 219 g/mol. The van der Waals surface area contributed by atoms with E-state index in [1.54, 1.807) is 6.92 Å². The third-order valence-corrected chi connectivity index (χ3v) is 2.91. The van der Waals surface area contributed by atoms with Crippen molar-refractivity contribution in [1.29, 1.82) is 0 Å². The van der Waals surface area contributed by atoms with E-state index in [1.807, 2.05) is 19.0 Å². The van der Waals surface area contributed by atoms with E-state index in [2.05, 4.69) is 32.9 Å². The summed E-state index contributed by atoms with van der Waals surface area (Å²) >= 11 is 0. The van der Waals surface area contributed by atoms with Crippen LogP contribution in [-0.2, 0) is 4.79 Å². The highest BCUT2D eigenvalue weighted by Gasteiger charge is 2.22. The fraction of sp³-hybridized carbons (Fsp3) is 0.500. The molecule has 0 aliphatic heterocycles. The topological polar surface area (TPSA) is 20.3 Å². The smallest absolute Gasteiger partial charge is 0.151 e. The molecule has 88 valence electrons. The summed E-state index contributed by atoms with van der Waals surface area (Å²) < 4.78 is 0. The molecule has 0 saturated heterocycles. The standard InChI is InChI=1S/C14H21NO/c1-9-7-10(2)13(11(3)8-9)14(12(4)16)15(5)6/h7-8,14H,1-6H3. The zero-order valence-corrected chi connectivity index (χ0v) is 11.1. The zero-order chi connectivity index (χ0) is 12.5. The van der Waals surface area contributed by atoms with Crippen molar-refractivity contribution in [2.75, 3.05) is 14.1 Å². The molecule has 1 unspecified atom stereocenters. The minimum atomic E-state index is -0.124. The monoisotopic (exact) mass is 219 g/mol. The highest BCUT2D eigenvalue weighted by Crippen LogP contribution is 2.27. The van der Waals surface area contributed by atoms with Gasteiger partial charge in [-0.1, -0.05) is 17.7 Å². The lowest BCUT2D eigenvalue weighted by atomic mass is 9.91. The average Bonchev–Trinajstić information content (AvgIpc) is 2.09. The number of carbonyl (C=O) groups excluding carboxylic acids is 1. The summed E-state index contributed by atoms with van der Waals surface area (Å²) in [4.78, 5) is 13.7. The van der Waals surface area contributed by atoms with Crippen molar-refractivity contribution >= 4 is 5.78 Å². The lowest BCUT2D eigenvalue weighted by Gasteiger charge is -2.25. The third-order valence-electron chi connectivity index (χ3n) is 2.91. The van der Waals surface area contributed by atoms with Gasteiger partial charge in [0, 0.05) is 0 Å². The Hall–Kier alpha value is -1.15. The largest absolute Gasteiger partial charge is 0.298 e. The lowest BCUT2D eigenvalue weighted by Crippen LogP contribution is -2.27. The van der Waals surface area contributed by atoms with E-state index < -0.39 is 0 Å². The van der Waals surface area contributed by atoms with Crippen LogP contribution < -0.4 is 0 Å². The van der Waals surface area contributed by atoms with E-state index in [4.69, 9.17) is 0 Å². The molecule has 1 rings (SSSR count). The summed E-state index contributed by atoms with van der Waals surface area (Å²) in [6.45, 7) is 7.90. The van der Waals surface area contributed by atoms with E-state index in [0.717, 1.165) is 5.56 Å². The molecule has 0 N–H and O–H groups in total. The van der Waals surface area contributed by atoms with Crippen LogP contribution >= 0.6 is 0 Å². The third kappa shape index (κ3) is 2.50. The van der Waals surface area contributed by atoms with Crippen molar-refractivity contribution < 1.29 is 4.79 Å². The first-order valence-electron chi connectivity index (χ1n) is 5.59. The van der Waals surface area contributed by atoms with Gasteiger partial charge in [-0.3, -0.25) is 9.69 Å². The number of hydrogen-bond acceptors (Lipinski definition) is 2. The molecular weight excluding hydrogens is 198 g/mol. The normalized spacial score (nSPS) is 12.9. The molecule has 0 spiro atoms. The lowest BCUT2D eigenvalue weighted by molar-refractivity contribution is -0.121. The van der Waals surface area contributed by atoms with Crippen LogP contribution in [-0.4, -0.2) is 24.8 Å². The number of hydrogen-bond donors (Lipinski definition) is 0. The highest BCUT2D eigenvalue weighted by molar-refractivity contribution is 5.83. The summed E-state index contributed by atoms with van der Waals surface area (Å²) in [5.41, 5.74) is 4.81. The predicted octanol–water partition coefficient (Wildman–Crippen LogP) is 2.80. The SMILES string of the molecule is CC(=O)C(c1c(C)cc(C)cc1C)N(C)C. The fourth-order valence-corrected chi connectivity index (χ4v) is 2.45. The van der Waals surface area contributed by atoms with Gasteiger partial charge in [-0.05, 0) is 58.5 Å². The maximum atomic E-state index is 11.7. The van der Waals surface area contributed by atoms with Crippen molar-refractivity contribution in [1.82, 2.24) is 4.90 Å². The summed E-state index contributed by atoms with van der Waals surface area (Å²) in [7, 11) is 3.90. The van der Waals surface area contributed by atoms with Crippen molar-refractivity contribution in [3.8, 4) is 0 Å². The van der Waals surface area contributed by atoms with E-state index in [0.29, 0.717) is 0 Å². The van der Waals surface area contributed by atoms with Crippen molar-refractivity contribution in [2.45, 2.75) is 33.7 Å². The second-order valence-corrected chi connectivity index (χ2v) is 4.79. The van der Waals surface area contributed by atoms with Gasteiger partial charge >= 0.3 is 0 Å². The van der Waals surface area contributed by atoms with Gasteiger partial charge in [0.1, 0.15) is 0 Å². The molecule has 2 nitrogen and oxygen atoms in total. The Morgan fingerprint density at radius 2 is 1.56 bits per heavy atom. The van der Waals surface area contributed by atoms with Crippen LogP contribution in [0.2, 0.25) is 0 Å². The minimum absolute atomic E-state index is 0.124. The van der Waals surface area contributed by atoms with Crippen LogP contribution in [0.4, 0.5) is 0 Å². The molecule has 0 aliphatic rings. The Kier molecular flexibility index (Phi) is 3.87. The maximum Gasteiger partial charge on any atom is 0.151 e. The van der Waals surface area contributed by atoms with Gasteiger partial charge < -0.3 is 0 Å². The number of carbonyl (C=O) groups is 1. The van der Waals surface area contributed by atoms with Crippen LogP contribution in [0.5, 0.6) is 0 Å². The van der Waals surface area contributed by atoms with E-state index in [9.17, 15) is 4.79 Å². The molecule has 0 aliphatic carbocycles. The van der Waals surface area contributed by atoms with Crippen LogP contribution in [0.25, 0.3) is 0 Å². The Bertz CT molecular complexity index is 384. The van der Waals surface area contributed by atoms with E-state index >= 15 is 0 Å². The molecule has 1 aromatic rings. The number of aryl methyl sites for hydroxylation is 3. The highest BCUT2D eigenvalue weighted by atomic mass is 16.1. The van der Waals surface area contributed by atoms with E-state index in [1.165, 1.54) is 16.7 Å². The number of benzene rings is 1. The second kappa shape index (κ2) is 4.79. The molecule has 0 heterocycles. The number of ketones is 1. The molecular formula is C14H21NO. The van der Waals surface area contributed by atoms with Gasteiger partial charge in [0.15, 0.2) is 5.78 Å². The summed E-state index contributed by atoms with van der Waals surface area (Å²) in [6, 6.07) is 4.16. The van der Waals surface area contributed by atoms with Crippen molar-refractivity contribution in [3.63, 3.8) is 0 Å². The minimum Gasteiger partial charge on any atom is -0.298 e. The summed E-state index contributed by atoms with van der Waals surface area (Å²) in [5, 5.41) is 0. The number of rotatable bonds is 3. The molecule has 1 aromatic carbocycles. The van der Waals surface area contributed by atoms with Gasteiger partial charge in [-0.25, -0.2) is 0 Å². The number of Topliss-reactive ketones (excluding diaryl/α,β-unsaturated/α-hetero) is 1. The molecule has 16 heavy (non-hydrogen) atoms. The molecule has 1 atom stereocenters. The zero-order valence-electron chi connectivity index (χ0n) is 11.1. The summed E-state index contributed by atoms with van der Waals surface area (Å²) in [5.74, 6) is 0.194. The van der Waals surface area contributed by atoms with E-state index in [-0.39, 0.29) is 11.8 Å². The Labute approximate surface area is 98.3 Å². The Morgan fingerprint density at radius 1 is 1.12 bits per heavy atom. The molecule has 0 radical (unpaired) electrons. The first-order chi connectivity index (χ1) is 7.34. The molecule has 0 amide bonds. The first-order valence-corrected chi connectivity index (χ1v) is 5.59. The molecule has 0 fully saturated rings. The Morgan fingerprint density at radius 3 is 1.88 bits per heavy atom. The quantitative estimate of drug-likeness (QED) is 0.779. The van der Waals surface area contributed by atoms with Gasteiger partial charge in [0.25, 0.3) is 0 Å².